The third-order valence-electron chi connectivity index (χ3n) is 17.7. The fourth-order valence-corrected chi connectivity index (χ4v) is 13.0. The number of ether oxygens (including phenoxy) is 4. The van der Waals surface area contributed by atoms with Crippen LogP contribution in [0.5, 0.6) is 0 Å². The van der Waals surface area contributed by atoms with E-state index in [9.17, 15) is 43.2 Å². The highest BCUT2D eigenvalue weighted by atomic mass is 31.2. The van der Waals surface area contributed by atoms with E-state index in [1.54, 1.807) is 0 Å². The molecule has 0 aromatic heterocycles. The number of rotatable bonds is 78. The molecule has 0 spiro atoms. The van der Waals surface area contributed by atoms with Crippen molar-refractivity contribution in [2.45, 2.75) is 393 Å². The third-order valence-corrected chi connectivity index (χ3v) is 19.6. The maximum Gasteiger partial charge on any atom is 0.472 e. The lowest BCUT2D eigenvalue weighted by atomic mass is 10.0. The molecule has 0 aliphatic heterocycles. The van der Waals surface area contributed by atoms with Gasteiger partial charge in [-0.1, -0.05) is 332 Å². The van der Waals surface area contributed by atoms with Crippen LogP contribution in [0.4, 0.5) is 0 Å². The molecule has 0 aliphatic rings. The summed E-state index contributed by atoms with van der Waals surface area (Å²) < 4.78 is 68.6. The molecule has 102 heavy (non-hydrogen) atoms. The van der Waals surface area contributed by atoms with Crippen LogP contribution in [0.1, 0.15) is 374 Å². The van der Waals surface area contributed by atoms with Crippen LogP contribution < -0.4 is 0 Å². The molecule has 0 aliphatic carbocycles. The van der Waals surface area contributed by atoms with Crippen molar-refractivity contribution in [3.8, 4) is 0 Å². The van der Waals surface area contributed by atoms with Crippen molar-refractivity contribution in [2.75, 3.05) is 39.6 Å². The van der Waals surface area contributed by atoms with Crippen molar-refractivity contribution in [3.05, 3.63) is 72.9 Å². The van der Waals surface area contributed by atoms with Crippen molar-refractivity contribution in [1.29, 1.82) is 0 Å². The van der Waals surface area contributed by atoms with Crippen molar-refractivity contribution < 1.29 is 80.2 Å². The van der Waals surface area contributed by atoms with E-state index in [-0.39, 0.29) is 25.7 Å². The van der Waals surface area contributed by atoms with Gasteiger partial charge in [0.2, 0.25) is 0 Å². The number of hydrogen-bond donors (Lipinski definition) is 3. The first kappa shape index (κ1) is 98.5. The standard InChI is InChI=1S/C83H150O17P2/c1-5-9-13-17-21-25-29-33-36-37-38-39-42-46-50-54-58-62-66-70-83(88)100-79(74-94-81(86)68-64-60-56-52-48-44-40-34-30-26-22-18-14-10-6-2)76-98-102(91,92)96-72-77(84)71-95-101(89,90)97-75-78(73-93-80(85)67-63-59-55-51-47-43-32-28-24-20-16-12-8-4)99-82(87)69-65-61-57-53-49-45-41-35-31-27-23-19-15-11-7-3/h21,25,28,32-33,36,38-39,46,50,58,62,77-79,84H,5-20,22-24,26-27,29-31,34-35,37,40-45,47-49,51-57,59-61,63-76H2,1-4H3,(H,89,90)(H,91,92)/b25-21-,32-28-,36-33-,39-38-,50-46-,62-58-/t77-,78-,79-/m1/s1. The van der Waals surface area contributed by atoms with Gasteiger partial charge in [-0.05, 0) is 89.9 Å². The second kappa shape index (κ2) is 75.7. The molecule has 0 radical (unpaired) electrons. The van der Waals surface area contributed by atoms with Gasteiger partial charge >= 0.3 is 39.5 Å². The maximum absolute atomic E-state index is 13.1. The highest BCUT2D eigenvalue weighted by Gasteiger charge is 2.30. The van der Waals surface area contributed by atoms with E-state index in [1.165, 1.54) is 180 Å². The number of hydrogen-bond acceptors (Lipinski definition) is 15. The molecular formula is C83H150O17P2. The van der Waals surface area contributed by atoms with E-state index >= 15 is 0 Å². The quantitative estimate of drug-likeness (QED) is 0.0169. The summed E-state index contributed by atoms with van der Waals surface area (Å²) in [7, 11) is -9.97. The third kappa shape index (κ3) is 74.8. The van der Waals surface area contributed by atoms with Crippen LogP contribution in [-0.4, -0.2) is 96.7 Å². The van der Waals surface area contributed by atoms with E-state index in [0.29, 0.717) is 32.1 Å². The monoisotopic (exact) mass is 1480 g/mol. The van der Waals surface area contributed by atoms with Crippen molar-refractivity contribution in [1.82, 2.24) is 0 Å². The minimum atomic E-state index is -4.99. The molecule has 0 saturated carbocycles. The van der Waals surface area contributed by atoms with Crippen LogP contribution in [0.25, 0.3) is 0 Å². The van der Waals surface area contributed by atoms with E-state index in [2.05, 4.69) is 82.4 Å². The van der Waals surface area contributed by atoms with E-state index < -0.39 is 97.5 Å². The molecule has 0 heterocycles. The maximum atomic E-state index is 13.1. The predicted octanol–water partition coefficient (Wildman–Crippen LogP) is 24.0. The average molecular weight is 1480 g/mol. The number of carbonyl (C=O) groups excluding carboxylic acids is 4. The minimum Gasteiger partial charge on any atom is -0.462 e. The molecule has 0 saturated heterocycles. The van der Waals surface area contributed by atoms with Gasteiger partial charge in [-0.25, -0.2) is 9.13 Å². The van der Waals surface area contributed by atoms with Gasteiger partial charge < -0.3 is 33.8 Å². The number of esters is 4. The highest BCUT2D eigenvalue weighted by molar-refractivity contribution is 7.47. The first-order valence-corrected chi connectivity index (χ1v) is 44.2. The molecule has 0 bridgehead atoms. The Morgan fingerprint density at radius 2 is 0.500 bits per heavy atom. The Bertz CT molecular complexity index is 2210. The number of aliphatic hydroxyl groups is 1. The van der Waals surface area contributed by atoms with Gasteiger partial charge in [0.15, 0.2) is 12.2 Å². The van der Waals surface area contributed by atoms with Gasteiger partial charge in [-0.2, -0.15) is 0 Å². The second-order valence-corrected chi connectivity index (χ2v) is 30.6. The summed E-state index contributed by atoms with van der Waals surface area (Å²) >= 11 is 0. The molecule has 3 N–H and O–H groups in total. The number of unbranched alkanes of at least 4 members (excludes halogenated alkanes) is 40. The van der Waals surface area contributed by atoms with Crippen LogP contribution in [0.3, 0.4) is 0 Å². The molecule has 0 amide bonds. The number of carbonyl (C=O) groups is 4. The van der Waals surface area contributed by atoms with E-state index in [0.717, 1.165) is 109 Å². The Morgan fingerprint density at radius 1 is 0.275 bits per heavy atom. The molecule has 594 valence electrons. The van der Waals surface area contributed by atoms with Gasteiger partial charge in [-0.15, -0.1) is 0 Å². The Morgan fingerprint density at radius 3 is 0.833 bits per heavy atom. The number of phosphoric acid groups is 2. The molecule has 17 nitrogen and oxygen atoms in total. The predicted molar refractivity (Wildman–Crippen MR) is 418 cm³/mol. The molecule has 2 unspecified atom stereocenters. The van der Waals surface area contributed by atoms with Crippen molar-refractivity contribution >= 4 is 39.5 Å². The van der Waals surface area contributed by atoms with Gasteiger partial charge in [0.1, 0.15) is 19.3 Å². The smallest absolute Gasteiger partial charge is 0.462 e. The first-order valence-electron chi connectivity index (χ1n) is 41.2. The van der Waals surface area contributed by atoms with Gasteiger partial charge in [0.25, 0.3) is 0 Å². The molecular weight excluding hydrogens is 1330 g/mol. The zero-order valence-corrected chi connectivity index (χ0v) is 66.8. The zero-order valence-electron chi connectivity index (χ0n) is 65.0. The normalized spacial score (nSPS) is 14.2. The number of phosphoric ester groups is 2. The minimum absolute atomic E-state index is 0.0241. The van der Waals surface area contributed by atoms with Crippen molar-refractivity contribution in [2.24, 2.45) is 0 Å². The Hall–Kier alpha value is -3.50. The lowest BCUT2D eigenvalue weighted by molar-refractivity contribution is -0.161. The molecule has 0 rings (SSSR count). The molecule has 0 aromatic carbocycles. The topological polar surface area (TPSA) is 237 Å². The molecule has 0 fully saturated rings. The summed E-state index contributed by atoms with van der Waals surface area (Å²) in [6, 6.07) is 0. The van der Waals surface area contributed by atoms with E-state index in [4.69, 9.17) is 37.0 Å². The molecule has 19 heteroatoms. The molecule has 5 atom stereocenters. The zero-order chi connectivity index (χ0) is 74.6. The Labute approximate surface area is 622 Å². The summed E-state index contributed by atoms with van der Waals surface area (Å²) in [5.41, 5.74) is 0. The number of allylic oxidation sites excluding steroid dienone is 12. The fourth-order valence-electron chi connectivity index (χ4n) is 11.4. The summed E-state index contributed by atoms with van der Waals surface area (Å²) in [6.07, 6.45) is 77.4. The molecule has 0 aromatic rings. The SMILES string of the molecule is CCCCC/C=C\C/C=C\C/C=C\C/C=C\C/C=C\CCC(=O)O[C@H](COC(=O)CCCCCCCCCCCCCCCCC)COP(=O)(O)OC[C@H](O)COP(=O)(O)OC[C@@H](COC(=O)CCCCCCC/C=C\CCCCCC)OC(=O)CCCCCCCCCCCCCCCCC. The van der Waals surface area contributed by atoms with Gasteiger partial charge in [0.05, 0.1) is 26.4 Å². The summed E-state index contributed by atoms with van der Waals surface area (Å²) in [4.78, 5) is 73.0. The van der Waals surface area contributed by atoms with Crippen molar-refractivity contribution in [3.63, 3.8) is 0 Å². The van der Waals surface area contributed by atoms with Crippen LogP contribution in [0.2, 0.25) is 0 Å². The lowest BCUT2D eigenvalue weighted by Gasteiger charge is -2.21. The van der Waals surface area contributed by atoms with E-state index in [1.807, 2.05) is 18.2 Å². The largest absolute Gasteiger partial charge is 0.472 e. The van der Waals surface area contributed by atoms with Crippen LogP contribution in [-0.2, 0) is 65.4 Å². The number of aliphatic hydroxyl groups excluding tert-OH is 1. The Balaban J connectivity index is 5.39. The summed E-state index contributed by atoms with van der Waals surface area (Å²) in [5.74, 6) is -2.25. The van der Waals surface area contributed by atoms with Gasteiger partial charge in [-0.3, -0.25) is 37.3 Å². The Kier molecular flexibility index (Phi) is 73.1. The van der Waals surface area contributed by atoms with Crippen LogP contribution in [0, 0.1) is 0 Å². The highest BCUT2D eigenvalue weighted by Crippen LogP contribution is 2.45. The van der Waals surface area contributed by atoms with Crippen LogP contribution in [0.15, 0.2) is 72.9 Å². The van der Waals surface area contributed by atoms with Crippen LogP contribution >= 0.6 is 15.6 Å². The second-order valence-electron chi connectivity index (χ2n) is 27.7. The summed E-state index contributed by atoms with van der Waals surface area (Å²) in [5, 5.41) is 10.6. The average Bonchev–Trinajstić information content (AvgIpc) is 1.21. The first-order chi connectivity index (χ1) is 49.7. The lowest BCUT2D eigenvalue weighted by Crippen LogP contribution is -2.30. The fraction of sp³-hybridized carbons (Fsp3) is 0.807. The summed E-state index contributed by atoms with van der Waals surface area (Å²) in [6.45, 7) is 4.82. The van der Waals surface area contributed by atoms with Gasteiger partial charge in [0, 0.05) is 25.7 Å².